The van der Waals surface area contributed by atoms with Crippen molar-refractivity contribution < 1.29 is 13.2 Å². The number of anilines is 2. The molecule has 136 valence electrons. The van der Waals surface area contributed by atoms with Crippen LogP contribution in [0.3, 0.4) is 0 Å². The highest BCUT2D eigenvalue weighted by molar-refractivity contribution is 5.44. The first-order chi connectivity index (χ1) is 11.1. The molecule has 0 saturated carbocycles. The van der Waals surface area contributed by atoms with Gasteiger partial charge in [-0.15, -0.1) is 0 Å². The van der Waals surface area contributed by atoms with Crippen LogP contribution in [0.2, 0.25) is 0 Å². The number of hydrogen-bond donors (Lipinski definition) is 1. The van der Waals surface area contributed by atoms with Crippen molar-refractivity contribution in [3.63, 3.8) is 0 Å². The number of hydrogen-bond acceptors (Lipinski definition) is 5. The molecule has 1 aliphatic heterocycles. The van der Waals surface area contributed by atoms with Crippen molar-refractivity contribution >= 4 is 11.8 Å². The lowest BCUT2D eigenvalue weighted by Crippen LogP contribution is -2.41. The van der Waals surface area contributed by atoms with Crippen LogP contribution >= 0.6 is 0 Å². The molecule has 0 amide bonds. The van der Waals surface area contributed by atoms with E-state index in [1.54, 1.807) is 19.0 Å². The van der Waals surface area contributed by atoms with Crippen LogP contribution in [0.1, 0.15) is 32.4 Å². The maximum atomic E-state index is 13.0. The quantitative estimate of drug-likeness (QED) is 0.888. The Hall–Kier alpha value is -1.57. The molecule has 2 rings (SSSR count). The van der Waals surface area contributed by atoms with E-state index in [1.165, 1.54) is 0 Å². The fourth-order valence-corrected chi connectivity index (χ4v) is 2.83. The monoisotopic (exact) mass is 345 g/mol. The molecule has 0 spiro atoms. The molecule has 1 aliphatic rings. The van der Waals surface area contributed by atoms with E-state index in [4.69, 9.17) is 0 Å². The Labute approximate surface area is 141 Å². The maximum absolute atomic E-state index is 13.0. The van der Waals surface area contributed by atoms with Crippen LogP contribution in [0.25, 0.3) is 0 Å². The van der Waals surface area contributed by atoms with E-state index < -0.39 is 11.9 Å². The van der Waals surface area contributed by atoms with Gasteiger partial charge in [-0.05, 0) is 18.8 Å². The van der Waals surface area contributed by atoms with Crippen LogP contribution in [0.4, 0.5) is 24.9 Å². The number of nitrogens with one attached hydrogen (secondary N) is 1. The summed E-state index contributed by atoms with van der Waals surface area (Å²) in [7, 11) is 3.33. The molecular weight excluding hydrogens is 319 g/mol. The Kier molecular flexibility index (Phi) is 5.90. The maximum Gasteiger partial charge on any atom is 0.433 e. The summed E-state index contributed by atoms with van der Waals surface area (Å²) in [5, 5.41) is 3.09. The van der Waals surface area contributed by atoms with Gasteiger partial charge < -0.3 is 15.1 Å². The zero-order valence-electron chi connectivity index (χ0n) is 14.7. The van der Waals surface area contributed by atoms with Crippen LogP contribution < -0.4 is 10.2 Å². The predicted molar refractivity (Wildman–Crippen MR) is 89.3 cm³/mol. The molecule has 0 unspecified atom stereocenters. The molecule has 1 saturated heterocycles. The molecule has 0 aliphatic carbocycles. The number of nitrogens with zero attached hydrogens (tertiary/aromatic N) is 4. The molecule has 8 heteroatoms. The van der Waals surface area contributed by atoms with E-state index in [0.29, 0.717) is 5.92 Å². The minimum Gasteiger partial charge on any atom is -0.363 e. The highest BCUT2D eigenvalue weighted by Gasteiger charge is 2.34. The molecule has 1 aromatic heterocycles. The highest BCUT2D eigenvalue weighted by atomic mass is 19.4. The summed E-state index contributed by atoms with van der Waals surface area (Å²) in [6.45, 7) is 7.30. The van der Waals surface area contributed by atoms with Crippen molar-refractivity contribution in [2.75, 3.05) is 43.9 Å². The summed E-state index contributed by atoms with van der Waals surface area (Å²) in [5.74, 6) is 0.914. The lowest BCUT2D eigenvalue weighted by molar-refractivity contribution is -0.141. The number of halogens is 3. The molecule has 0 bridgehead atoms. The minimum absolute atomic E-state index is 0.0517. The van der Waals surface area contributed by atoms with E-state index in [-0.39, 0.29) is 17.8 Å². The first-order valence-corrected chi connectivity index (χ1v) is 8.27. The third-order valence-corrected chi connectivity index (χ3v) is 4.01. The average Bonchev–Trinajstić information content (AvgIpc) is 2.47. The van der Waals surface area contributed by atoms with E-state index in [0.717, 1.165) is 38.5 Å². The molecule has 0 aromatic carbocycles. The van der Waals surface area contributed by atoms with Crippen LogP contribution in [0.15, 0.2) is 6.07 Å². The second-order valence-electron chi connectivity index (χ2n) is 6.94. The van der Waals surface area contributed by atoms with E-state index in [9.17, 15) is 13.2 Å². The van der Waals surface area contributed by atoms with Gasteiger partial charge in [0.15, 0.2) is 5.69 Å². The number of piperidine rings is 1. The highest BCUT2D eigenvalue weighted by Crippen LogP contribution is 2.30. The van der Waals surface area contributed by atoms with Gasteiger partial charge in [-0.1, -0.05) is 13.8 Å². The smallest absolute Gasteiger partial charge is 0.363 e. The van der Waals surface area contributed by atoms with Crippen LogP contribution in [0.5, 0.6) is 0 Å². The first-order valence-electron chi connectivity index (χ1n) is 8.27. The first kappa shape index (κ1) is 18.8. The van der Waals surface area contributed by atoms with E-state index in [2.05, 4.69) is 34.0 Å². The van der Waals surface area contributed by atoms with Gasteiger partial charge in [0.1, 0.15) is 5.82 Å². The van der Waals surface area contributed by atoms with Crippen molar-refractivity contribution in [3.8, 4) is 0 Å². The number of rotatable bonds is 5. The molecule has 0 atom stereocenters. The average molecular weight is 345 g/mol. The van der Waals surface area contributed by atoms with Crippen molar-refractivity contribution in [3.05, 3.63) is 11.8 Å². The van der Waals surface area contributed by atoms with Crippen molar-refractivity contribution in [2.45, 2.75) is 38.9 Å². The van der Waals surface area contributed by atoms with Crippen LogP contribution in [0, 0.1) is 5.92 Å². The topological polar surface area (TPSA) is 44.3 Å². The number of alkyl halides is 3. The standard InChI is InChI=1S/C16H26F3N5/c1-11(2)10-24-7-5-12(6-8-24)20-15-21-13(16(17,18)19)9-14(22-15)23(3)4/h9,11-12H,5-8,10H2,1-4H3,(H,20,21,22). The van der Waals surface area contributed by atoms with Gasteiger partial charge >= 0.3 is 6.18 Å². The summed E-state index contributed by atoms with van der Waals surface area (Å²) in [6.07, 6.45) is -2.72. The Morgan fingerprint density at radius 1 is 1.25 bits per heavy atom. The number of aromatic nitrogens is 2. The summed E-state index contributed by atoms with van der Waals surface area (Å²) in [6, 6.07) is 1.07. The Morgan fingerprint density at radius 2 is 1.88 bits per heavy atom. The van der Waals surface area contributed by atoms with Crippen LogP contribution in [-0.2, 0) is 6.18 Å². The molecular formula is C16H26F3N5. The Bertz CT molecular complexity index is 537. The van der Waals surface area contributed by atoms with Gasteiger partial charge in [0.05, 0.1) is 0 Å². The molecule has 1 N–H and O–H groups in total. The largest absolute Gasteiger partial charge is 0.433 e. The normalized spacial score (nSPS) is 17.3. The minimum atomic E-state index is -4.48. The number of likely N-dealkylation sites (tertiary alicyclic amines) is 1. The van der Waals surface area contributed by atoms with Gasteiger partial charge in [-0.25, -0.2) is 4.98 Å². The summed E-state index contributed by atoms with van der Waals surface area (Å²) < 4.78 is 39.1. The second kappa shape index (κ2) is 7.55. The fourth-order valence-electron chi connectivity index (χ4n) is 2.83. The lowest BCUT2D eigenvalue weighted by Gasteiger charge is -2.33. The zero-order valence-corrected chi connectivity index (χ0v) is 14.7. The molecule has 1 aromatic rings. The summed E-state index contributed by atoms with van der Waals surface area (Å²) in [5.41, 5.74) is -0.916. The summed E-state index contributed by atoms with van der Waals surface area (Å²) >= 11 is 0. The molecule has 1 fully saturated rings. The predicted octanol–water partition coefficient (Wildman–Crippen LogP) is 3.09. The SMILES string of the molecule is CC(C)CN1CCC(Nc2nc(N(C)C)cc(C(F)(F)F)n2)CC1. The van der Waals surface area contributed by atoms with E-state index >= 15 is 0 Å². The second-order valence-corrected chi connectivity index (χ2v) is 6.94. The summed E-state index contributed by atoms with van der Waals surface area (Å²) in [4.78, 5) is 11.8. The zero-order chi connectivity index (χ0) is 17.9. The fraction of sp³-hybridized carbons (Fsp3) is 0.750. The molecule has 24 heavy (non-hydrogen) atoms. The molecule has 2 heterocycles. The van der Waals surface area contributed by atoms with Crippen molar-refractivity contribution in [1.82, 2.24) is 14.9 Å². The van der Waals surface area contributed by atoms with Gasteiger partial charge in [0.25, 0.3) is 0 Å². The molecule has 0 radical (unpaired) electrons. The third kappa shape index (κ3) is 5.22. The van der Waals surface area contributed by atoms with Gasteiger partial charge in [0.2, 0.25) is 5.95 Å². The third-order valence-electron chi connectivity index (χ3n) is 4.01. The van der Waals surface area contributed by atoms with Gasteiger partial charge in [-0.2, -0.15) is 18.2 Å². The Balaban J connectivity index is 2.06. The van der Waals surface area contributed by atoms with Crippen molar-refractivity contribution in [2.24, 2.45) is 5.92 Å². The van der Waals surface area contributed by atoms with E-state index in [1.807, 2.05) is 0 Å². The van der Waals surface area contributed by atoms with Gasteiger partial charge in [-0.3, -0.25) is 0 Å². The van der Waals surface area contributed by atoms with Gasteiger partial charge in [0, 0.05) is 45.8 Å². The molecule has 5 nitrogen and oxygen atoms in total. The van der Waals surface area contributed by atoms with Crippen LogP contribution in [-0.4, -0.2) is 54.6 Å². The van der Waals surface area contributed by atoms with Crippen molar-refractivity contribution in [1.29, 1.82) is 0 Å². The Morgan fingerprint density at radius 3 is 2.38 bits per heavy atom. The lowest BCUT2D eigenvalue weighted by atomic mass is 10.0.